The van der Waals surface area contributed by atoms with E-state index >= 15 is 0 Å². The number of amides is 2. The van der Waals surface area contributed by atoms with Crippen molar-refractivity contribution in [3.63, 3.8) is 0 Å². The van der Waals surface area contributed by atoms with Crippen LogP contribution in [0.25, 0.3) is 0 Å². The van der Waals surface area contributed by atoms with Crippen LogP contribution in [-0.2, 0) is 14.3 Å². The fourth-order valence-corrected chi connectivity index (χ4v) is 3.61. The Balaban J connectivity index is 2.20. The lowest BCUT2D eigenvalue weighted by atomic mass is 9.80. The van der Waals surface area contributed by atoms with E-state index in [0.29, 0.717) is 25.7 Å². The van der Waals surface area contributed by atoms with Gasteiger partial charge in [0.25, 0.3) is 11.8 Å². The van der Waals surface area contributed by atoms with Gasteiger partial charge in [-0.15, -0.1) is 18.3 Å². The lowest BCUT2D eigenvalue weighted by Crippen LogP contribution is -2.62. The van der Waals surface area contributed by atoms with Gasteiger partial charge in [-0.25, -0.2) is 0 Å². The van der Waals surface area contributed by atoms with E-state index in [9.17, 15) is 27.6 Å². The minimum atomic E-state index is -4.91. The van der Waals surface area contributed by atoms with Gasteiger partial charge >= 0.3 is 6.36 Å². The summed E-state index contributed by atoms with van der Waals surface area (Å²) in [6.07, 6.45) is -2.21. The Morgan fingerprint density at radius 1 is 1.21 bits per heavy atom. The van der Waals surface area contributed by atoms with Gasteiger partial charge in [-0.2, -0.15) is 0 Å². The molecular formula is C21H25F3N4O5S. The summed E-state index contributed by atoms with van der Waals surface area (Å²) < 4.78 is 46.3. The summed E-state index contributed by atoms with van der Waals surface area (Å²) in [7, 11) is 1.23. The van der Waals surface area contributed by atoms with Crippen LogP contribution in [0.5, 0.6) is 5.75 Å². The fourth-order valence-electron chi connectivity index (χ4n) is 3.56. The highest BCUT2D eigenvalue weighted by Crippen LogP contribution is 2.30. The second-order valence-corrected chi connectivity index (χ2v) is 7.84. The first-order valence-electron chi connectivity index (χ1n) is 10.4. The number of alkyl halides is 3. The number of ketones is 1. The van der Waals surface area contributed by atoms with Crippen molar-refractivity contribution in [1.82, 2.24) is 16.1 Å². The minimum absolute atomic E-state index is 0.108. The number of thiocarbonyl (C=S) groups is 1. The van der Waals surface area contributed by atoms with Crippen molar-refractivity contribution < 1.29 is 37.0 Å². The van der Waals surface area contributed by atoms with E-state index in [0.717, 1.165) is 24.0 Å². The largest absolute Gasteiger partial charge is 0.573 e. The van der Waals surface area contributed by atoms with Gasteiger partial charge in [0.15, 0.2) is 0 Å². The van der Waals surface area contributed by atoms with Crippen LogP contribution in [-0.4, -0.2) is 54.0 Å². The highest BCUT2D eigenvalue weighted by atomic mass is 32.1. The van der Waals surface area contributed by atoms with Crippen molar-refractivity contribution in [3.05, 3.63) is 29.8 Å². The van der Waals surface area contributed by atoms with Gasteiger partial charge in [0.05, 0.1) is 18.6 Å². The predicted octanol–water partition coefficient (Wildman–Crippen LogP) is 2.60. The fraction of sp³-hybridized carbons (Fsp3) is 0.476. The highest BCUT2D eigenvalue weighted by Gasteiger charge is 2.42. The predicted molar refractivity (Wildman–Crippen MR) is 120 cm³/mol. The maximum absolute atomic E-state index is 13.2. The molecule has 1 fully saturated rings. The first-order chi connectivity index (χ1) is 16.0. The number of carbonyl (C=O) groups excluding carboxylic acids is 3. The Kier molecular flexibility index (Phi) is 9.36. The number of methoxy groups -OCH3 is 1. The molecule has 0 spiro atoms. The molecule has 0 bridgehead atoms. The number of hydrazone groups is 1. The summed E-state index contributed by atoms with van der Waals surface area (Å²) in [6.45, 7) is 1.43. The number of hydrogen-bond acceptors (Lipinski definition) is 7. The zero-order valence-corrected chi connectivity index (χ0v) is 19.3. The maximum Gasteiger partial charge on any atom is 0.573 e. The van der Waals surface area contributed by atoms with E-state index in [-0.39, 0.29) is 11.5 Å². The Morgan fingerprint density at radius 2 is 1.88 bits per heavy atom. The van der Waals surface area contributed by atoms with Gasteiger partial charge < -0.3 is 20.1 Å². The van der Waals surface area contributed by atoms with Crippen molar-refractivity contribution in [2.75, 3.05) is 7.11 Å². The van der Waals surface area contributed by atoms with E-state index < -0.39 is 41.3 Å². The average Bonchev–Trinajstić information content (AvgIpc) is 2.79. The normalized spacial score (nSPS) is 16.6. The molecule has 2 amide bonds. The Bertz CT molecular complexity index is 949. The zero-order valence-electron chi connectivity index (χ0n) is 18.5. The number of carbonyl (C=O) groups is 3. The summed E-state index contributed by atoms with van der Waals surface area (Å²) in [6, 6.07) is 3.51. The molecular weight excluding hydrogens is 477 g/mol. The third-order valence-corrected chi connectivity index (χ3v) is 5.29. The van der Waals surface area contributed by atoms with Gasteiger partial charge in [0.1, 0.15) is 11.3 Å². The van der Waals surface area contributed by atoms with Crippen molar-refractivity contribution >= 4 is 41.2 Å². The van der Waals surface area contributed by atoms with Crippen LogP contribution < -0.4 is 20.8 Å². The molecule has 0 radical (unpaired) electrons. The molecule has 3 N–H and O–H groups in total. The molecule has 13 heteroatoms. The zero-order chi connectivity index (χ0) is 25.4. The molecule has 0 aromatic heterocycles. The summed E-state index contributed by atoms with van der Waals surface area (Å²) in [5.74, 6) is -2.83. The third kappa shape index (κ3) is 7.40. The number of nitrogens with zero attached hydrogens (tertiary/aromatic N) is 1. The maximum atomic E-state index is 13.2. The SMILES string of the molecule is CO/C(=N\NC=S)C(=O)C(C)NC(=O)C1(NC(=O)c2cccc(OC(F)(F)F)c2)CCCCC1. The highest BCUT2D eigenvalue weighted by molar-refractivity contribution is 7.78. The molecule has 1 saturated carbocycles. The van der Waals surface area contributed by atoms with Crippen LogP contribution in [0.4, 0.5) is 13.2 Å². The standard InChI is InChI=1S/C21H25F3N4O5S/c1-13(16(29)18(32-2)28-25-12-34)26-19(31)20(9-4-3-5-10-20)27-17(30)14-7-6-8-15(11-14)33-21(22,23)24/h6-8,11-13H,3-5,9-10H2,1-2H3,(H,25,34)(H,26,31)(H,27,30)/b28-18-. The van der Waals surface area contributed by atoms with Crippen molar-refractivity contribution in [2.45, 2.75) is 57.0 Å². The van der Waals surface area contributed by atoms with Gasteiger partial charge in [0.2, 0.25) is 11.7 Å². The Labute approximate surface area is 199 Å². The molecule has 1 atom stereocenters. The second-order valence-electron chi connectivity index (χ2n) is 7.60. The minimum Gasteiger partial charge on any atom is -0.477 e. The Morgan fingerprint density at radius 3 is 2.47 bits per heavy atom. The summed E-state index contributed by atoms with van der Waals surface area (Å²) >= 11 is 4.57. The van der Waals surface area contributed by atoms with Crippen molar-refractivity contribution in [3.8, 4) is 5.75 Å². The summed E-state index contributed by atoms with van der Waals surface area (Å²) in [4.78, 5) is 38.6. The van der Waals surface area contributed by atoms with E-state index in [1.165, 1.54) is 26.2 Å². The van der Waals surface area contributed by atoms with E-state index in [2.05, 4.69) is 38.1 Å². The van der Waals surface area contributed by atoms with Crippen LogP contribution in [0.1, 0.15) is 49.4 Å². The van der Waals surface area contributed by atoms with Crippen molar-refractivity contribution in [2.24, 2.45) is 5.10 Å². The molecule has 2 rings (SSSR count). The molecule has 1 aliphatic carbocycles. The van der Waals surface area contributed by atoms with Crippen molar-refractivity contribution in [1.29, 1.82) is 0 Å². The summed E-state index contributed by atoms with van der Waals surface area (Å²) in [5.41, 5.74) is 1.92. The van der Waals surface area contributed by atoms with E-state index in [1.807, 2.05) is 0 Å². The summed E-state index contributed by atoms with van der Waals surface area (Å²) in [5, 5.41) is 8.91. The van der Waals surface area contributed by atoms with Gasteiger partial charge in [-0.3, -0.25) is 19.8 Å². The topological polar surface area (TPSA) is 118 Å². The number of Topliss-reactive ketones (excluding diaryl/α,β-unsaturated/α-hetero) is 1. The molecule has 1 aromatic rings. The molecule has 1 aromatic carbocycles. The van der Waals surface area contributed by atoms with Gasteiger partial charge in [-0.05, 0) is 38.0 Å². The second kappa shape index (κ2) is 11.8. The molecule has 0 heterocycles. The number of rotatable bonds is 9. The average molecular weight is 503 g/mol. The monoisotopic (exact) mass is 502 g/mol. The molecule has 186 valence electrons. The first-order valence-corrected chi connectivity index (χ1v) is 10.8. The number of ether oxygens (including phenoxy) is 2. The van der Waals surface area contributed by atoms with E-state index in [4.69, 9.17) is 4.74 Å². The molecule has 34 heavy (non-hydrogen) atoms. The van der Waals surface area contributed by atoms with Crippen LogP contribution in [0.15, 0.2) is 29.4 Å². The lowest BCUT2D eigenvalue weighted by molar-refractivity contribution is -0.274. The first kappa shape index (κ1) is 27.0. The molecule has 0 aliphatic heterocycles. The van der Waals surface area contributed by atoms with Gasteiger partial charge in [-0.1, -0.05) is 37.5 Å². The number of halogens is 3. The smallest absolute Gasteiger partial charge is 0.477 e. The van der Waals surface area contributed by atoms with E-state index in [1.54, 1.807) is 0 Å². The number of nitrogens with one attached hydrogen (secondary N) is 3. The van der Waals surface area contributed by atoms with Crippen LogP contribution >= 0.6 is 12.2 Å². The number of hydrogen-bond donors (Lipinski definition) is 3. The molecule has 1 unspecified atom stereocenters. The molecule has 9 nitrogen and oxygen atoms in total. The Hall–Kier alpha value is -3.22. The molecule has 1 aliphatic rings. The third-order valence-electron chi connectivity index (χ3n) is 5.19. The molecule has 0 saturated heterocycles. The van der Waals surface area contributed by atoms with Crippen LogP contribution in [0.2, 0.25) is 0 Å². The van der Waals surface area contributed by atoms with Crippen LogP contribution in [0.3, 0.4) is 0 Å². The van der Waals surface area contributed by atoms with Gasteiger partial charge in [0, 0.05) is 5.56 Å². The van der Waals surface area contributed by atoms with Crippen LogP contribution in [0, 0.1) is 0 Å². The lowest BCUT2D eigenvalue weighted by Gasteiger charge is -2.37. The quantitative estimate of drug-likeness (QED) is 0.206. The number of benzene rings is 1.